The van der Waals surface area contributed by atoms with Crippen LogP contribution in [-0.2, 0) is 0 Å². The summed E-state index contributed by atoms with van der Waals surface area (Å²) >= 11 is 0. The Morgan fingerprint density at radius 1 is 1.20 bits per heavy atom. The van der Waals surface area contributed by atoms with Gasteiger partial charge in [0.15, 0.2) is 0 Å². The maximum absolute atomic E-state index is 5.83. The van der Waals surface area contributed by atoms with Gasteiger partial charge in [-0.1, -0.05) is 0 Å². The number of aromatic nitrogens is 2. The fraction of sp³-hybridized carbons (Fsp3) is 0.600. The van der Waals surface area contributed by atoms with Crippen LogP contribution in [0.2, 0.25) is 0 Å². The van der Waals surface area contributed by atoms with E-state index in [1.165, 1.54) is 0 Å². The molecule has 15 heavy (non-hydrogen) atoms. The molecule has 1 saturated heterocycles. The van der Waals surface area contributed by atoms with Crippen molar-refractivity contribution in [2.24, 2.45) is 5.73 Å². The summed E-state index contributed by atoms with van der Waals surface area (Å²) in [5, 5.41) is 0. The lowest BCUT2D eigenvalue weighted by molar-refractivity contribution is 0.200. The number of nitrogens with two attached hydrogens (primary N) is 1. The topological polar surface area (TPSA) is 58.3 Å². The molecule has 2 heterocycles. The van der Waals surface area contributed by atoms with E-state index in [1.54, 1.807) is 12.4 Å². The largest absolute Gasteiger partial charge is 0.338 e. The normalized spacial score (nSPS) is 20.3. The molecule has 2 N–H and O–H groups in total. The van der Waals surface area contributed by atoms with E-state index in [9.17, 15) is 0 Å². The predicted octanol–water partition coefficient (Wildman–Crippen LogP) is -0.0967. The summed E-state index contributed by atoms with van der Waals surface area (Å²) in [6.07, 6.45) is 3.70. The molecule has 1 unspecified atom stereocenters. The summed E-state index contributed by atoms with van der Waals surface area (Å²) < 4.78 is 0. The summed E-state index contributed by atoms with van der Waals surface area (Å²) in [6, 6.07) is 1.84. The van der Waals surface area contributed by atoms with Gasteiger partial charge in [-0.15, -0.1) is 0 Å². The lowest BCUT2D eigenvalue weighted by Gasteiger charge is -2.36. The highest BCUT2D eigenvalue weighted by atomic mass is 15.3. The van der Waals surface area contributed by atoms with Gasteiger partial charge in [-0.25, -0.2) is 9.97 Å². The monoisotopic (exact) mass is 207 g/mol. The van der Waals surface area contributed by atoms with E-state index in [1.807, 2.05) is 13.0 Å². The Kier molecular flexibility index (Phi) is 3.13. The minimum Gasteiger partial charge on any atom is -0.338 e. The van der Waals surface area contributed by atoms with Gasteiger partial charge in [-0.05, 0) is 13.0 Å². The summed E-state index contributed by atoms with van der Waals surface area (Å²) in [7, 11) is 0. The average molecular weight is 207 g/mol. The SMILES string of the molecule is CC(N)N1CCN(c2ncccn2)CC1. The van der Waals surface area contributed by atoms with Crippen molar-refractivity contribution < 1.29 is 0 Å². The number of piperazine rings is 1. The van der Waals surface area contributed by atoms with Crippen LogP contribution in [-0.4, -0.2) is 47.2 Å². The van der Waals surface area contributed by atoms with Gasteiger partial charge in [0.05, 0.1) is 6.17 Å². The molecule has 1 aliphatic heterocycles. The lowest BCUT2D eigenvalue weighted by Crippen LogP contribution is -2.52. The second kappa shape index (κ2) is 4.55. The maximum Gasteiger partial charge on any atom is 0.225 e. The molecule has 2 rings (SSSR count). The van der Waals surface area contributed by atoms with Crippen molar-refractivity contribution >= 4 is 5.95 Å². The van der Waals surface area contributed by atoms with Crippen LogP contribution in [0.15, 0.2) is 18.5 Å². The van der Waals surface area contributed by atoms with Crippen LogP contribution >= 0.6 is 0 Å². The van der Waals surface area contributed by atoms with Gasteiger partial charge >= 0.3 is 0 Å². The minimum atomic E-state index is 0.142. The fourth-order valence-corrected chi connectivity index (χ4v) is 1.78. The number of hydrogen-bond donors (Lipinski definition) is 1. The zero-order chi connectivity index (χ0) is 10.7. The highest BCUT2D eigenvalue weighted by Crippen LogP contribution is 2.09. The van der Waals surface area contributed by atoms with Crippen molar-refractivity contribution in [2.45, 2.75) is 13.1 Å². The first-order chi connectivity index (χ1) is 7.27. The van der Waals surface area contributed by atoms with E-state index < -0.39 is 0 Å². The average Bonchev–Trinajstić information content (AvgIpc) is 2.30. The van der Waals surface area contributed by atoms with Gasteiger partial charge in [0.1, 0.15) is 0 Å². The second-order valence-corrected chi connectivity index (χ2v) is 3.81. The summed E-state index contributed by atoms with van der Waals surface area (Å²) in [5.74, 6) is 0.821. The van der Waals surface area contributed by atoms with Crippen LogP contribution < -0.4 is 10.6 Å². The van der Waals surface area contributed by atoms with E-state index in [2.05, 4.69) is 19.8 Å². The first-order valence-corrected chi connectivity index (χ1v) is 5.29. The molecule has 0 amide bonds. The van der Waals surface area contributed by atoms with Crippen LogP contribution in [0, 0.1) is 0 Å². The molecule has 1 aromatic rings. The van der Waals surface area contributed by atoms with Gasteiger partial charge in [0, 0.05) is 38.6 Å². The number of nitrogens with zero attached hydrogens (tertiary/aromatic N) is 4. The molecule has 0 aromatic carbocycles. The van der Waals surface area contributed by atoms with Crippen LogP contribution in [0.3, 0.4) is 0 Å². The van der Waals surface area contributed by atoms with Gasteiger partial charge in [-0.2, -0.15) is 0 Å². The van der Waals surface area contributed by atoms with Gasteiger partial charge in [-0.3, -0.25) is 4.90 Å². The molecule has 0 aliphatic carbocycles. The van der Waals surface area contributed by atoms with Crippen molar-refractivity contribution in [1.29, 1.82) is 0 Å². The van der Waals surface area contributed by atoms with Crippen LogP contribution in [0.4, 0.5) is 5.95 Å². The molecular formula is C10H17N5. The zero-order valence-corrected chi connectivity index (χ0v) is 9.00. The Labute approximate surface area is 89.9 Å². The smallest absolute Gasteiger partial charge is 0.225 e. The fourth-order valence-electron chi connectivity index (χ4n) is 1.78. The summed E-state index contributed by atoms with van der Waals surface area (Å²) in [6.45, 7) is 5.89. The highest BCUT2D eigenvalue weighted by molar-refractivity contribution is 5.29. The molecule has 1 fully saturated rings. The van der Waals surface area contributed by atoms with E-state index in [0.29, 0.717) is 0 Å². The van der Waals surface area contributed by atoms with Crippen molar-refractivity contribution in [3.63, 3.8) is 0 Å². The van der Waals surface area contributed by atoms with Crippen molar-refractivity contribution in [3.8, 4) is 0 Å². The third-order valence-corrected chi connectivity index (χ3v) is 2.73. The molecule has 0 radical (unpaired) electrons. The Bertz CT molecular complexity index is 292. The maximum atomic E-state index is 5.83. The molecule has 0 saturated carbocycles. The first kappa shape index (κ1) is 10.3. The van der Waals surface area contributed by atoms with E-state index >= 15 is 0 Å². The standard InChI is InChI=1S/C10H17N5/c1-9(11)14-5-7-15(8-6-14)10-12-3-2-4-13-10/h2-4,9H,5-8,11H2,1H3. The third-order valence-electron chi connectivity index (χ3n) is 2.73. The van der Waals surface area contributed by atoms with Crippen LogP contribution in [0.5, 0.6) is 0 Å². The summed E-state index contributed by atoms with van der Waals surface area (Å²) in [4.78, 5) is 12.9. The van der Waals surface area contributed by atoms with Gasteiger partial charge in [0.25, 0.3) is 0 Å². The Hall–Kier alpha value is -1.20. The van der Waals surface area contributed by atoms with Gasteiger partial charge in [0.2, 0.25) is 5.95 Å². The Morgan fingerprint density at radius 3 is 2.33 bits per heavy atom. The Morgan fingerprint density at radius 2 is 1.80 bits per heavy atom. The predicted molar refractivity (Wildman–Crippen MR) is 59.5 cm³/mol. The summed E-state index contributed by atoms with van der Waals surface area (Å²) in [5.41, 5.74) is 5.83. The third kappa shape index (κ3) is 2.43. The number of hydrogen-bond acceptors (Lipinski definition) is 5. The van der Waals surface area contributed by atoms with Crippen LogP contribution in [0.25, 0.3) is 0 Å². The number of anilines is 1. The lowest BCUT2D eigenvalue weighted by atomic mass is 10.3. The quantitative estimate of drug-likeness (QED) is 0.734. The molecule has 5 nitrogen and oxygen atoms in total. The molecule has 1 aliphatic rings. The number of rotatable bonds is 2. The van der Waals surface area contributed by atoms with E-state index in [-0.39, 0.29) is 6.17 Å². The molecule has 0 spiro atoms. The molecular weight excluding hydrogens is 190 g/mol. The molecule has 82 valence electrons. The van der Waals surface area contributed by atoms with Gasteiger partial charge < -0.3 is 10.6 Å². The van der Waals surface area contributed by atoms with Crippen molar-refractivity contribution in [3.05, 3.63) is 18.5 Å². The van der Waals surface area contributed by atoms with Crippen molar-refractivity contribution in [1.82, 2.24) is 14.9 Å². The molecule has 1 atom stereocenters. The first-order valence-electron chi connectivity index (χ1n) is 5.29. The van der Waals surface area contributed by atoms with Crippen molar-refractivity contribution in [2.75, 3.05) is 31.1 Å². The van der Waals surface area contributed by atoms with E-state index in [4.69, 9.17) is 5.73 Å². The minimum absolute atomic E-state index is 0.142. The molecule has 5 heteroatoms. The molecule has 0 bridgehead atoms. The van der Waals surface area contributed by atoms with E-state index in [0.717, 1.165) is 32.1 Å². The second-order valence-electron chi connectivity index (χ2n) is 3.81. The van der Waals surface area contributed by atoms with Crippen LogP contribution in [0.1, 0.15) is 6.92 Å². The highest BCUT2D eigenvalue weighted by Gasteiger charge is 2.20. The molecule has 1 aromatic heterocycles. The zero-order valence-electron chi connectivity index (χ0n) is 9.00. The Balaban J connectivity index is 1.94.